The number of sulfonamides is 1. The number of ether oxygens (including phenoxy) is 1. The second-order valence-corrected chi connectivity index (χ2v) is 7.59. The van der Waals surface area contributed by atoms with Crippen molar-refractivity contribution in [1.29, 1.82) is 0 Å². The minimum atomic E-state index is -3.87. The molecule has 132 valence electrons. The van der Waals surface area contributed by atoms with E-state index in [9.17, 15) is 13.2 Å². The summed E-state index contributed by atoms with van der Waals surface area (Å²) < 4.78 is 32.5. The number of carbonyl (C=O) groups is 1. The lowest BCUT2D eigenvalue weighted by Crippen LogP contribution is -2.32. The van der Waals surface area contributed by atoms with Gasteiger partial charge in [0.2, 0.25) is 10.0 Å². The van der Waals surface area contributed by atoms with Crippen LogP contribution >= 0.6 is 11.6 Å². The molecule has 0 aliphatic heterocycles. The molecule has 0 saturated heterocycles. The molecule has 7 heteroatoms. The lowest BCUT2D eigenvalue weighted by Gasteiger charge is -2.20. The van der Waals surface area contributed by atoms with Crippen LogP contribution < -0.4 is 4.72 Å². The van der Waals surface area contributed by atoms with Crippen molar-refractivity contribution in [2.75, 3.05) is 7.11 Å². The van der Waals surface area contributed by atoms with Crippen molar-refractivity contribution in [2.45, 2.75) is 17.9 Å². The van der Waals surface area contributed by atoms with Crippen LogP contribution in [0, 0.1) is 6.92 Å². The molecule has 0 amide bonds. The van der Waals surface area contributed by atoms with Crippen molar-refractivity contribution in [3.8, 4) is 0 Å². The fraction of sp³-hybridized carbons (Fsp3) is 0.167. The van der Waals surface area contributed by atoms with E-state index < -0.39 is 22.0 Å². The van der Waals surface area contributed by atoms with Gasteiger partial charge in [0.05, 0.1) is 23.6 Å². The third-order valence-electron chi connectivity index (χ3n) is 3.60. The zero-order chi connectivity index (χ0) is 18.6. The van der Waals surface area contributed by atoms with Gasteiger partial charge in [0.1, 0.15) is 0 Å². The van der Waals surface area contributed by atoms with Gasteiger partial charge >= 0.3 is 5.97 Å². The third-order valence-corrected chi connectivity index (χ3v) is 5.29. The van der Waals surface area contributed by atoms with E-state index in [0.717, 1.165) is 5.56 Å². The number of aryl methyl sites for hydroxylation is 1. The molecule has 1 atom stereocenters. The van der Waals surface area contributed by atoms with Crippen LogP contribution in [0.5, 0.6) is 0 Å². The van der Waals surface area contributed by atoms with Crippen LogP contribution in [0.4, 0.5) is 0 Å². The summed E-state index contributed by atoms with van der Waals surface area (Å²) in [5.41, 5.74) is 1.43. The number of carbonyl (C=O) groups excluding carboxylic acids is 1. The first-order valence-corrected chi connectivity index (χ1v) is 9.22. The molecule has 2 aromatic carbocycles. The molecule has 0 saturated carbocycles. The highest BCUT2D eigenvalue weighted by molar-refractivity contribution is 7.89. The van der Waals surface area contributed by atoms with Crippen LogP contribution in [0.3, 0.4) is 0 Å². The van der Waals surface area contributed by atoms with Crippen molar-refractivity contribution >= 4 is 27.6 Å². The molecule has 0 spiro atoms. The van der Waals surface area contributed by atoms with Gasteiger partial charge < -0.3 is 4.74 Å². The van der Waals surface area contributed by atoms with Gasteiger partial charge in [0.15, 0.2) is 0 Å². The first-order valence-electron chi connectivity index (χ1n) is 7.36. The lowest BCUT2D eigenvalue weighted by atomic mass is 10.0. The number of halogens is 1. The number of hydrogen-bond acceptors (Lipinski definition) is 4. The van der Waals surface area contributed by atoms with Crippen LogP contribution in [-0.4, -0.2) is 21.5 Å². The van der Waals surface area contributed by atoms with Crippen LogP contribution in [0.1, 0.15) is 17.2 Å². The molecule has 5 nitrogen and oxygen atoms in total. The second kappa shape index (κ2) is 7.82. The standard InChI is InChI=1S/C18H18ClNO4S/c1-12-4-10-16(11-5-12)25(22,23)20-17(13(2)18(21)24-3)14-6-8-15(19)9-7-14/h4-11,17,20H,2H2,1,3H3/t17-/m1/s1. The summed E-state index contributed by atoms with van der Waals surface area (Å²) in [4.78, 5) is 12.0. The summed E-state index contributed by atoms with van der Waals surface area (Å²) in [5.74, 6) is -0.702. The molecule has 1 N–H and O–H groups in total. The lowest BCUT2D eigenvalue weighted by molar-refractivity contribution is -0.136. The SMILES string of the molecule is C=C(C(=O)OC)[C@@H](NS(=O)(=O)c1ccc(C)cc1)c1ccc(Cl)cc1. The maximum absolute atomic E-state index is 12.7. The first kappa shape index (κ1) is 19.2. The molecule has 0 fully saturated rings. The number of methoxy groups -OCH3 is 1. The van der Waals surface area contributed by atoms with Gasteiger partial charge in [-0.2, -0.15) is 4.72 Å². The Morgan fingerprint density at radius 1 is 1.12 bits per heavy atom. The van der Waals surface area contributed by atoms with E-state index in [-0.39, 0.29) is 10.5 Å². The van der Waals surface area contributed by atoms with Gasteiger partial charge in [0, 0.05) is 5.02 Å². The highest BCUT2D eigenvalue weighted by atomic mass is 35.5. The van der Waals surface area contributed by atoms with Crippen LogP contribution in [0.25, 0.3) is 0 Å². The topological polar surface area (TPSA) is 72.5 Å². The molecule has 0 bridgehead atoms. The molecule has 2 rings (SSSR count). The van der Waals surface area contributed by atoms with Gasteiger partial charge in [-0.15, -0.1) is 0 Å². The minimum absolute atomic E-state index is 0.0273. The summed E-state index contributed by atoms with van der Waals surface area (Å²) in [6.45, 7) is 5.54. The Morgan fingerprint density at radius 2 is 1.68 bits per heavy atom. The molecular formula is C18H18ClNO4S. The number of benzene rings is 2. The highest BCUT2D eigenvalue weighted by Crippen LogP contribution is 2.25. The van der Waals surface area contributed by atoms with Crippen molar-refractivity contribution in [2.24, 2.45) is 0 Å². The number of rotatable bonds is 6. The maximum Gasteiger partial charge on any atom is 0.335 e. The second-order valence-electron chi connectivity index (χ2n) is 5.44. The molecule has 0 aliphatic rings. The maximum atomic E-state index is 12.7. The smallest absolute Gasteiger partial charge is 0.335 e. The van der Waals surface area contributed by atoms with E-state index in [4.69, 9.17) is 11.6 Å². The van der Waals surface area contributed by atoms with E-state index in [1.165, 1.54) is 19.2 Å². The van der Waals surface area contributed by atoms with Crippen LogP contribution in [0.15, 0.2) is 65.6 Å². The van der Waals surface area contributed by atoms with Crippen LogP contribution in [-0.2, 0) is 19.6 Å². The molecule has 2 aromatic rings. The average Bonchev–Trinajstić information content (AvgIpc) is 2.59. The zero-order valence-electron chi connectivity index (χ0n) is 13.8. The van der Waals surface area contributed by atoms with E-state index in [0.29, 0.717) is 10.6 Å². The van der Waals surface area contributed by atoms with E-state index in [1.54, 1.807) is 36.4 Å². The third kappa shape index (κ3) is 4.69. The minimum Gasteiger partial charge on any atom is -0.466 e. The van der Waals surface area contributed by atoms with Gasteiger partial charge in [-0.3, -0.25) is 0 Å². The molecule has 0 radical (unpaired) electrons. The predicted molar refractivity (Wildman–Crippen MR) is 96.8 cm³/mol. The van der Waals surface area contributed by atoms with E-state index in [1.807, 2.05) is 6.92 Å². The van der Waals surface area contributed by atoms with Crippen molar-refractivity contribution in [3.05, 3.63) is 76.8 Å². The zero-order valence-corrected chi connectivity index (χ0v) is 15.4. The van der Waals surface area contributed by atoms with Crippen molar-refractivity contribution in [1.82, 2.24) is 4.72 Å². The summed E-state index contributed by atoms with van der Waals surface area (Å²) in [5, 5.41) is 0.493. The molecular weight excluding hydrogens is 362 g/mol. The Hall–Kier alpha value is -2.15. The Morgan fingerprint density at radius 3 is 2.20 bits per heavy atom. The molecule has 0 unspecified atom stereocenters. The summed E-state index contributed by atoms with van der Waals surface area (Å²) in [6.07, 6.45) is 0. The molecule has 0 heterocycles. The van der Waals surface area contributed by atoms with E-state index >= 15 is 0 Å². The Bertz CT molecular complexity index is 874. The van der Waals surface area contributed by atoms with Crippen LogP contribution in [0.2, 0.25) is 5.02 Å². The fourth-order valence-electron chi connectivity index (χ4n) is 2.19. The van der Waals surface area contributed by atoms with Gasteiger partial charge in [0.25, 0.3) is 0 Å². The number of nitrogens with one attached hydrogen (secondary N) is 1. The predicted octanol–water partition coefficient (Wildman–Crippen LogP) is 3.40. The first-order chi connectivity index (χ1) is 11.7. The molecule has 0 aromatic heterocycles. The monoisotopic (exact) mass is 379 g/mol. The van der Waals surface area contributed by atoms with Gasteiger partial charge in [-0.25, -0.2) is 13.2 Å². The summed E-state index contributed by atoms with van der Waals surface area (Å²) in [7, 11) is -2.66. The Labute approximate surface area is 152 Å². The Balaban J connectivity index is 2.41. The van der Waals surface area contributed by atoms with Crippen molar-refractivity contribution in [3.63, 3.8) is 0 Å². The number of esters is 1. The normalized spacial score (nSPS) is 12.4. The van der Waals surface area contributed by atoms with Gasteiger partial charge in [-0.05, 0) is 36.8 Å². The quantitative estimate of drug-likeness (QED) is 0.616. The molecule has 25 heavy (non-hydrogen) atoms. The fourth-order valence-corrected chi connectivity index (χ4v) is 3.53. The average molecular weight is 380 g/mol. The number of hydrogen-bond donors (Lipinski definition) is 1. The van der Waals surface area contributed by atoms with Crippen molar-refractivity contribution < 1.29 is 17.9 Å². The highest BCUT2D eigenvalue weighted by Gasteiger charge is 2.27. The summed E-state index contributed by atoms with van der Waals surface area (Å²) in [6, 6.07) is 11.9. The van der Waals surface area contributed by atoms with Gasteiger partial charge in [-0.1, -0.05) is 48.0 Å². The largest absolute Gasteiger partial charge is 0.466 e. The summed E-state index contributed by atoms with van der Waals surface area (Å²) >= 11 is 5.88. The molecule has 0 aliphatic carbocycles. The van der Waals surface area contributed by atoms with E-state index in [2.05, 4.69) is 16.0 Å². The Kier molecular flexibility index (Phi) is 6.00.